The van der Waals surface area contributed by atoms with Crippen LogP contribution in [0.3, 0.4) is 0 Å². The molecule has 0 saturated heterocycles. The highest BCUT2D eigenvalue weighted by Crippen LogP contribution is 2.23. The number of hydrogen-bond donors (Lipinski definition) is 0. The van der Waals surface area contributed by atoms with Crippen molar-refractivity contribution in [2.75, 3.05) is 0 Å². The second-order valence-electron chi connectivity index (χ2n) is 2.64. The van der Waals surface area contributed by atoms with Crippen LogP contribution in [0, 0.1) is 0 Å². The molecule has 0 spiro atoms. The Morgan fingerprint density at radius 2 is 1.93 bits per heavy atom. The summed E-state index contributed by atoms with van der Waals surface area (Å²) in [5.41, 5.74) is 2.11. The van der Waals surface area contributed by atoms with Crippen molar-refractivity contribution in [3.05, 3.63) is 41.4 Å². The van der Waals surface area contributed by atoms with Crippen molar-refractivity contribution >= 4 is 35.3 Å². The summed E-state index contributed by atoms with van der Waals surface area (Å²) in [5.74, 6) is 0.489. The maximum atomic E-state index is 5.67. The van der Waals surface area contributed by atoms with E-state index in [0.29, 0.717) is 5.88 Å². The van der Waals surface area contributed by atoms with E-state index in [1.165, 1.54) is 0 Å². The number of aromatic nitrogens is 1. The smallest absolute Gasteiger partial charge is 0.123 e. The van der Waals surface area contributed by atoms with Gasteiger partial charge in [-0.3, -0.25) is 0 Å². The van der Waals surface area contributed by atoms with Crippen molar-refractivity contribution in [1.82, 2.24) is 4.98 Å². The highest BCUT2D eigenvalue weighted by atomic mass is 35.5. The molecular formula is C10H9Cl2NS. The van der Waals surface area contributed by atoms with E-state index in [9.17, 15) is 0 Å². The van der Waals surface area contributed by atoms with E-state index < -0.39 is 0 Å². The molecule has 0 unspecified atom stereocenters. The van der Waals surface area contributed by atoms with Crippen molar-refractivity contribution in [2.24, 2.45) is 0 Å². The molecule has 74 valence electrons. The molecule has 0 radical (unpaired) electrons. The molecule has 1 heterocycles. The molecule has 0 aliphatic carbocycles. The standard InChI is InChI=1S/C10H8ClNS.ClH/c11-6-9-7-13-10(12-9)8-4-2-1-3-5-8;/h1-5,7H,6H2;1H. The molecule has 4 heteroatoms. The molecule has 0 saturated carbocycles. The number of thiazole rings is 1. The summed E-state index contributed by atoms with van der Waals surface area (Å²) in [4.78, 5) is 4.39. The molecule has 0 bridgehead atoms. The van der Waals surface area contributed by atoms with Crippen LogP contribution in [-0.2, 0) is 5.88 Å². The number of hydrogen-bond acceptors (Lipinski definition) is 2. The summed E-state index contributed by atoms with van der Waals surface area (Å²) in [5, 5.41) is 3.03. The minimum atomic E-state index is 0. The summed E-state index contributed by atoms with van der Waals surface area (Å²) in [7, 11) is 0. The second-order valence-corrected chi connectivity index (χ2v) is 3.77. The lowest BCUT2D eigenvalue weighted by atomic mass is 10.2. The molecule has 0 N–H and O–H groups in total. The van der Waals surface area contributed by atoms with E-state index in [0.717, 1.165) is 16.3 Å². The minimum absolute atomic E-state index is 0. The van der Waals surface area contributed by atoms with Crippen molar-refractivity contribution in [1.29, 1.82) is 0 Å². The average Bonchev–Trinajstić information content (AvgIpc) is 2.67. The van der Waals surface area contributed by atoms with Crippen LogP contribution in [-0.4, -0.2) is 4.98 Å². The fraction of sp³-hybridized carbons (Fsp3) is 0.100. The van der Waals surface area contributed by atoms with Crippen LogP contribution in [0.1, 0.15) is 5.69 Å². The van der Waals surface area contributed by atoms with Gasteiger partial charge in [0.2, 0.25) is 0 Å². The molecule has 0 atom stereocenters. The predicted molar refractivity (Wildman–Crippen MR) is 64.4 cm³/mol. The summed E-state index contributed by atoms with van der Waals surface area (Å²) in [6.45, 7) is 0. The topological polar surface area (TPSA) is 12.9 Å². The van der Waals surface area contributed by atoms with Crippen molar-refractivity contribution < 1.29 is 0 Å². The molecule has 0 amide bonds. The number of halogens is 2. The van der Waals surface area contributed by atoms with Gasteiger partial charge in [-0.2, -0.15) is 0 Å². The molecule has 0 aliphatic heterocycles. The van der Waals surface area contributed by atoms with E-state index in [-0.39, 0.29) is 12.4 Å². The van der Waals surface area contributed by atoms with Gasteiger partial charge in [-0.05, 0) is 0 Å². The number of nitrogens with zero attached hydrogens (tertiary/aromatic N) is 1. The van der Waals surface area contributed by atoms with E-state index in [1.807, 2.05) is 23.6 Å². The Morgan fingerprint density at radius 3 is 2.50 bits per heavy atom. The third-order valence-corrected chi connectivity index (χ3v) is 2.92. The zero-order valence-electron chi connectivity index (χ0n) is 7.31. The fourth-order valence-electron chi connectivity index (χ4n) is 1.08. The lowest BCUT2D eigenvalue weighted by Crippen LogP contribution is -1.78. The molecule has 0 fully saturated rings. The van der Waals surface area contributed by atoms with E-state index >= 15 is 0 Å². The zero-order valence-corrected chi connectivity index (χ0v) is 9.70. The van der Waals surface area contributed by atoms with E-state index in [4.69, 9.17) is 11.6 Å². The van der Waals surface area contributed by atoms with Crippen LogP contribution in [0.5, 0.6) is 0 Å². The Hall–Kier alpha value is -0.570. The van der Waals surface area contributed by atoms with Gasteiger partial charge in [-0.1, -0.05) is 30.3 Å². The van der Waals surface area contributed by atoms with Crippen molar-refractivity contribution in [3.63, 3.8) is 0 Å². The molecule has 1 aromatic heterocycles. The third-order valence-electron chi connectivity index (χ3n) is 1.71. The Kier molecular flexibility index (Phi) is 4.39. The molecule has 2 aromatic rings. The largest absolute Gasteiger partial charge is 0.240 e. The Bertz CT molecular complexity index is 386. The molecule has 0 aliphatic rings. The van der Waals surface area contributed by atoms with Gasteiger partial charge in [0.1, 0.15) is 5.01 Å². The maximum Gasteiger partial charge on any atom is 0.123 e. The maximum absolute atomic E-state index is 5.67. The average molecular weight is 246 g/mol. The highest BCUT2D eigenvalue weighted by molar-refractivity contribution is 7.13. The number of rotatable bonds is 2. The molecule has 1 aromatic carbocycles. The lowest BCUT2D eigenvalue weighted by molar-refractivity contribution is 1.23. The van der Waals surface area contributed by atoms with Gasteiger partial charge in [-0.15, -0.1) is 35.3 Å². The van der Waals surface area contributed by atoms with Gasteiger partial charge in [-0.25, -0.2) is 4.98 Å². The van der Waals surface area contributed by atoms with Crippen LogP contribution in [0.25, 0.3) is 10.6 Å². The van der Waals surface area contributed by atoms with Gasteiger partial charge in [0.05, 0.1) is 11.6 Å². The molecule has 1 nitrogen and oxygen atoms in total. The molecular weight excluding hydrogens is 237 g/mol. The van der Waals surface area contributed by atoms with Crippen LogP contribution in [0.15, 0.2) is 35.7 Å². The van der Waals surface area contributed by atoms with Gasteiger partial charge < -0.3 is 0 Å². The van der Waals surface area contributed by atoms with Crippen LogP contribution < -0.4 is 0 Å². The Balaban J connectivity index is 0.000000980. The van der Waals surface area contributed by atoms with Crippen LogP contribution >= 0.6 is 35.3 Å². The normalized spacial score (nSPS) is 9.50. The molecule has 2 rings (SSSR count). The first-order valence-electron chi connectivity index (χ1n) is 3.96. The highest BCUT2D eigenvalue weighted by Gasteiger charge is 2.02. The third kappa shape index (κ3) is 2.47. The Labute approximate surface area is 98.2 Å². The van der Waals surface area contributed by atoms with Gasteiger partial charge in [0, 0.05) is 10.9 Å². The fourth-order valence-corrected chi connectivity index (χ4v) is 2.14. The zero-order chi connectivity index (χ0) is 9.10. The summed E-state index contributed by atoms with van der Waals surface area (Å²) in [6, 6.07) is 10.1. The molecule has 14 heavy (non-hydrogen) atoms. The minimum Gasteiger partial charge on any atom is -0.240 e. The van der Waals surface area contributed by atoms with Crippen LogP contribution in [0.2, 0.25) is 0 Å². The Morgan fingerprint density at radius 1 is 1.21 bits per heavy atom. The monoisotopic (exact) mass is 245 g/mol. The SMILES string of the molecule is Cl.ClCc1csc(-c2ccccc2)n1. The van der Waals surface area contributed by atoms with Crippen molar-refractivity contribution in [3.8, 4) is 10.6 Å². The van der Waals surface area contributed by atoms with Crippen molar-refractivity contribution in [2.45, 2.75) is 5.88 Å². The number of alkyl halides is 1. The van der Waals surface area contributed by atoms with E-state index in [2.05, 4.69) is 17.1 Å². The lowest BCUT2D eigenvalue weighted by Gasteiger charge is -1.92. The first kappa shape index (κ1) is 11.5. The van der Waals surface area contributed by atoms with Gasteiger partial charge in [0.25, 0.3) is 0 Å². The summed E-state index contributed by atoms with van der Waals surface area (Å²) in [6.07, 6.45) is 0. The summed E-state index contributed by atoms with van der Waals surface area (Å²) < 4.78 is 0. The second kappa shape index (κ2) is 5.35. The van der Waals surface area contributed by atoms with Gasteiger partial charge in [0.15, 0.2) is 0 Å². The number of benzene rings is 1. The predicted octanol–water partition coefficient (Wildman–Crippen LogP) is 3.97. The van der Waals surface area contributed by atoms with E-state index in [1.54, 1.807) is 11.3 Å². The quantitative estimate of drug-likeness (QED) is 0.730. The van der Waals surface area contributed by atoms with Gasteiger partial charge >= 0.3 is 0 Å². The van der Waals surface area contributed by atoms with Crippen LogP contribution in [0.4, 0.5) is 0 Å². The summed E-state index contributed by atoms with van der Waals surface area (Å²) >= 11 is 7.30. The first-order chi connectivity index (χ1) is 6.40. The first-order valence-corrected chi connectivity index (χ1v) is 5.37.